The van der Waals surface area contributed by atoms with Gasteiger partial charge in [-0.25, -0.2) is 0 Å². The molecule has 0 N–H and O–H groups in total. The Bertz CT molecular complexity index is 172. The van der Waals surface area contributed by atoms with Gasteiger partial charge in [0.05, 0.1) is 0 Å². The van der Waals surface area contributed by atoms with E-state index in [0.29, 0.717) is 0 Å². The molecule has 17 heavy (non-hydrogen) atoms. The number of hydrogen-bond acceptors (Lipinski definition) is 2. The summed E-state index contributed by atoms with van der Waals surface area (Å²) in [6, 6.07) is 0.853. The monoisotopic (exact) mass is 240 g/mol. The third kappa shape index (κ3) is 5.39. The van der Waals surface area contributed by atoms with Gasteiger partial charge in [0.25, 0.3) is 0 Å². The van der Waals surface area contributed by atoms with Gasteiger partial charge in [-0.05, 0) is 64.8 Å². The van der Waals surface area contributed by atoms with E-state index in [4.69, 9.17) is 0 Å². The van der Waals surface area contributed by atoms with Gasteiger partial charge in [0, 0.05) is 6.04 Å². The van der Waals surface area contributed by atoms with Crippen molar-refractivity contribution in [3.63, 3.8) is 0 Å². The predicted molar refractivity (Wildman–Crippen MR) is 76.5 cm³/mol. The van der Waals surface area contributed by atoms with Gasteiger partial charge in [0.15, 0.2) is 0 Å². The Labute approximate surface area is 108 Å². The third-order valence-electron chi connectivity index (χ3n) is 4.28. The zero-order chi connectivity index (χ0) is 12.5. The molecule has 0 aromatic heterocycles. The summed E-state index contributed by atoms with van der Waals surface area (Å²) < 4.78 is 0. The lowest BCUT2D eigenvalue weighted by atomic mass is 10.0. The smallest absolute Gasteiger partial charge is 0.00931 e. The molecule has 0 amide bonds. The molecule has 1 unspecified atom stereocenters. The van der Waals surface area contributed by atoms with Crippen LogP contribution >= 0.6 is 0 Å². The van der Waals surface area contributed by atoms with Crippen molar-refractivity contribution in [2.45, 2.75) is 65.3 Å². The standard InChI is InChI=1S/C15H32N2/c1-4-15(17-13-8-7-9-14-17)11-10-12-16(5-2)6-3/h15H,4-14H2,1-3H3. The van der Waals surface area contributed by atoms with Crippen LogP contribution in [0.2, 0.25) is 0 Å². The first-order valence-electron chi connectivity index (χ1n) is 7.78. The van der Waals surface area contributed by atoms with Crippen molar-refractivity contribution >= 4 is 0 Å². The maximum Gasteiger partial charge on any atom is 0.00931 e. The van der Waals surface area contributed by atoms with E-state index in [2.05, 4.69) is 30.6 Å². The third-order valence-corrected chi connectivity index (χ3v) is 4.28. The minimum absolute atomic E-state index is 0.853. The Kier molecular flexibility index (Phi) is 7.87. The molecule has 0 aromatic carbocycles. The van der Waals surface area contributed by atoms with E-state index < -0.39 is 0 Å². The Morgan fingerprint density at radius 3 is 2.18 bits per heavy atom. The van der Waals surface area contributed by atoms with Crippen molar-refractivity contribution in [1.29, 1.82) is 0 Å². The molecule has 1 rings (SSSR count). The summed E-state index contributed by atoms with van der Waals surface area (Å²) in [5.41, 5.74) is 0. The minimum atomic E-state index is 0.853. The van der Waals surface area contributed by atoms with E-state index in [-0.39, 0.29) is 0 Å². The number of rotatable bonds is 8. The topological polar surface area (TPSA) is 6.48 Å². The van der Waals surface area contributed by atoms with Gasteiger partial charge in [-0.15, -0.1) is 0 Å². The highest BCUT2D eigenvalue weighted by atomic mass is 15.2. The molecule has 0 radical (unpaired) electrons. The fourth-order valence-electron chi connectivity index (χ4n) is 3.02. The molecule has 0 bridgehead atoms. The lowest BCUT2D eigenvalue weighted by molar-refractivity contribution is 0.145. The molecule has 102 valence electrons. The van der Waals surface area contributed by atoms with Crippen molar-refractivity contribution in [3.05, 3.63) is 0 Å². The van der Waals surface area contributed by atoms with E-state index in [1.807, 2.05) is 0 Å². The summed E-state index contributed by atoms with van der Waals surface area (Å²) in [5, 5.41) is 0. The maximum absolute atomic E-state index is 2.74. The quantitative estimate of drug-likeness (QED) is 0.642. The van der Waals surface area contributed by atoms with Crippen LogP contribution in [0, 0.1) is 0 Å². The molecule has 0 aliphatic carbocycles. The average molecular weight is 240 g/mol. The first kappa shape index (κ1) is 15.0. The molecule has 1 fully saturated rings. The lowest BCUT2D eigenvalue weighted by Crippen LogP contribution is -2.39. The van der Waals surface area contributed by atoms with Crippen LogP contribution < -0.4 is 0 Å². The van der Waals surface area contributed by atoms with Crippen LogP contribution in [0.5, 0.6) is 0 Å². The number of nitrogens with zero attached hydrogens (tertiary/aromatic N) is 2. The second-order valence-corrected chi connectivity index (χ2v) is 5.33. The Balaban J connectivity index is 2.21. The summed E-state index contributed by atoms with van der Waals surface area (Å²) in [6.07, 6.45) is 8.40. The highest BCUT2D eigenvalue weighted by Gasteiger charge is 2.18. The summed E-state index contributed by atoms with van der Waals surface area (Å²) in [5.74, 6) is 0. The molecular weight excluding hydrogens is 208 g/mol. The predicted octanol–water partition coefficient (Wildman–Crippen LogP) is 3.37. The molecule has 1 heterocycles. The van der Waals surface area contributed by atoms with Crippen molar-refractivity contribution < 1.29 is 0 Å². The van der Waals surface area contributed by atoms with E-state index >= 15 is 0 Å². The molecule has 0 spiro atoms. The molecular formula is C15H32N2. The van der Waals surface area contributed by atoms with Crippen molar-refractivity contribution in [2.24, 2.45) is 0 Å². The highest BCUT2D eigenvalue weighted by molar-refractivity contribution is 4.74. The number of piperidine rings is 1. The molecule has 1 atom stereocenters. The second kappa shape index (κ2) is 8.93. The van der Waals surface area contributed by atoms with Crippen LogP contribution in [-0.4, -0.2) is 48.6 Å². The van der Waals surface area contributed by atoms with Gasteiger partial charge >= 0.3 is 0 Å². The highest BCUT2D eigenvalue weighted by Crippen LogP contribution is 2.17. The molecule has 0 aromatic rings. The van der Waals surface area contributed by atoms with E-state index in [0.717, 1.165) is 6.04 Å². The van der Waals surface area contributed by atoms with E-state index in [1.165, 1.54) is 71.2 Å². The van der Waals surface area contributed by atoms with E-state index in [1.54, 1.807) is 0 Å². The van der Waals surface area contributed by atoms with Crippen LogP contribution in [0.1, 0.15) is 59.3 Å². The molecule has 2 nitrogen and oxygen atoms in total. The Morgan fingerprint density at radius 1 is 1.00 bits per heavy atom. The lowest BCUT2D eigenvalue weighted by Gasteiger charge is -2.34. The fourth-order valence-corrected chi connectivity index (χ4v) is 3.02. The maximum atomic E-state index is 2.74. The molecule has 1 aliphatic rings. The Morgan fingerprint density at radius 2 is 1.65 bits per heavy atom. The minimum Gasteiger partial charge on any atom is -0.304 e. The molecule has 1 saturated heterocycles. The van der Waals surface area contributed by atoms with Crippen LogP contribution in [0.4, 0.5) is 0 Å². The fraction of sp³-hybridized carbons (Fsp3) is 1.00. The van der Waals surface area contributed by atoms with Gasteiger partial charge in [-0.3, -0.25) is 0 Å². The summed E-state index contributed by atoms with van der Waals surface area (Å²) in [7, 11) is 0. The summed E-state index contributed by atoms with van der Waals surface area (Å²) in [4.78, 5) is 5.29. The van der Waals surface area contributed by atoms with Gasteiger partial charge in [0.2, 0.25) is 0 Å². The van der Waals surface area contributed by atoms with Crippen LogP contribution in [-0.2, 0) is 0 Å². The zero-order valence-electron chi connectivity index (χ0n) is 12.2. The van der Waals surface area contributed by atoms with Gasteiger partial charge in [-0.2, -0.15) is 0 Å². The van der Waals surface area contributed by atoms with Gasteiger partial charge in [-0.1, -0.05) is 27.2 Å². The normalized spacial score (nSPS) is 19.8. The number of likely N-dealkylation sites (tertiary alicyclic amines) is 1. The summed E-state index contributed by atoms with van der Waals surface area (Å²) >= 11 is 0. The summed E-state index contributed by atoms with van der Waals surface area (Å²) in [6.45, 7) is 13.3. The first-order valence-corrected chi connectivity index (χ1v) is 7.78. The molecule has 2 heteroatoms. The van der Waals surface area contributed by atoms with Crippen molar-refractivity contribution in [2.75, 3.05) is 32.7 Å². The van der Waals surface area contributed by atoms with Crippen molar-refractivity contribution in [3.8, 4) is 0 Å². The van der Waals surface area contributed by atoms with E-state index in [9.17, 15) is 0 Å². The molecule has 1 aliphatic heterocycles. The van der Waals surface area contributed by atoms with Crippen LogP contribution in [0.25, 0.3) is 0 Å². The van der Waals surface area contributed by atoms with Crippen LogP contribution in [0.15, 0.2) is 0 Å². The average Bonchev–Trinajstić information content (AvgIpc) is 2.40. The van der Waals surface area contributed by atoms with Gasteiger partial charge in [0.1, 0.15) is 0 Å². The number of hydrogen-bond donors (Lipinski definition) is 0. The zero-order valence-corrected chi connectivity index (χ0v) is 12.2. The van der Waals surface area contributed by atoms with Crippen LogP contribution in [0.3, 0.4) is 0 Å². The first-order chi connectivity index (χ1) is 8.31. The second-order valence-electron chi connectivity index (χ2n) is 5.33. The molecule has 0 saturated carbocycles. The SMILES string of the molecule is CCC(CCCN(CC)CC)N1CCCCC1. The largest absolute Gasteiger partial charge is 0.304 e. The van der Waals surface area contributed by atoms with Gasteiger partial charge < -0.3 is 9.80 Å². The van der Waals surface area contributed by atoms with Crippen molar-refractivity contribution in [1.82, 2.24) is 9.80 Å². The Hall–Kier alpha value is -0.0800.